The maximum absolute atomic E-state index is 9.59. The van der Waals surface area contributed by atoms with Gasteiger partial charge in [0.2, 0.25) is 11.8 Å². The molecule has 3 rings (SSSR count). The van der Waals surface area contributed by atoms with Gasteiger partial charge in [0.25, 0.3) is 0 Å². The summed E-state index contributed by atoms with van der Waals surface area (Å²) in [4.78, 5) is 4.78. The zero-order valence-corrected chi connectivity index (χ0v) is 13.0. The summed E-state index contributed by atoms with van der Waals surface area (Å²) in [5.41, 5.74) is 0. The van der Waals surface area contributed by atoms with E-state index in [1.165, 1.54) is 12.8 Å². The number of aliphatic hydroxyl groups is 1. The van der Waals surface area contributed by atoms with E-state index < -0.39 is 0 Å². The molecule has 6 heteroatoms. The zero-order chi connectivity index (χ0) is 14.8. The van der Waals surface area contributed by atoms with E-state index in [1.54, 1.807) is 0 Å². The summed E-state index contributed by atoms with van der Waals surface area (Å²) in [7, 11) is 0. The van der Waals surface area contributed by atoms with Gasteiger partial charge in [0.1, 0.15) is 0 Å². The van der Waals surface area contributed by atoms with Gasteiger partial charge >= 0.3 is 0 Å². The van der Waals surface area contributed by atoms with Crippen molar-refractivity contribution in [3.63, 3.8) is 0 Å². The number of hydrogen-bond donors (Lipinski definition) is 1. The molecule has 0 bridgehead atoms. The maximum atomic E-state index is 9.59. The monoisotopic (exact) mass is 294 g/mol. The van der Waals surface area contributed by atoms with Crippen molar-refractivity contribution in [2.45, 2.75) is 57.7 Å². The fourth-order valence-electron chi connectivity index (χ4n) is 3.08. The molecule has 0 amide bonds. The Balaban J connectivity index is 1.54. The summed E-state index contributed by atoms with van der Waals surface area (Å²) in [5, 5.41) is 17.9. The standard InChI is InChI=1S/C15H26N4O2/c1-3-13-9-18(6-7-19(13)8-11(2)20)10-14-16-17-15(21-14)12-4-5-12/h11-13,20H,3-10H2,1-2H3/t11-,13+/m1/s1. The van der Waals surface area contributed by atoms with E-state index in [9.17, 15) is 5.11 Å². The predicted molar refractivity (Wildman–Crippen MR) is 78.9 cm³/mol. The van der Waals surface area contributed by atoms with Crippen LogP contribution in [0.3, 0.4) is 0 Å². The van der Waals surface area contributed by atoms with Crippen LogP contribution in [0.15, 0.2) is 4.42 Å². The quantitative estimate of drug-likeness (QED) is 0.851. The number of rotatable bonds is 6. The van der Waals surface area contributed by atoms with Crippen molar-refractivity contribution in [2.24, 2.45) is 0 Å². The first-order valence-electron chi connectivity index (χ1n) is 8.12. The van der Waals surface area contributed by atoms with Crippen molar-refractivity contribution >= 4 is 0 Å². The first kappa shape index (κ1) is 14.9. The molecule has 0 aromatic carbocycles. The number of piperazine rings is 1. The maximum Gasteiger partial charge on any atom is 0.230 e. The molecule has 1 N–H and O–H groups in total. The van der Waals surface area contributed by atoms with Gasteiger partial charge in [-0.15, -0.1) is 10.2 Å². The Morgan fingerprint density at radius 2 is 2.14 bits per heavy atom. The highest BCUT2D eigenvalue weighted by Gasteiger charge is 2.31. The van der Waals surface area contributed by atoms with Crippen LogP contribution in [0.4, 0.5) is 0 Å². The molecule has 118 valence electrons. The van der Waals surface area contributed by atoms with E-state index in [0.717, 1.165) is 50.9 Å². The third-order valence-electron chi connectivity index (χ3n) is 4.43. The summed E-state index contributed by atoms with van der Waals surface area (Å²) in [5.74, 6) is 2.10. The Kier molecular flexibility index (Phi) is 4.57. The zero-order valence-electron chi connectivity index (χ0n) is 13.0. The SMILES string of the molecule is CC[C@H]1CN(Cc2nnc(C3CC3)o2)CCN1C[C@@H](C)O. The highest BCUT2D eigenvalue weighted by molar-refractivity contribution is 5.00. The summed E-state index contributed by atoms with van der Waals surface area (Å²) < 4.78 is 5.75. The van der Waals surface area contributed by atoms with E-state index in [0.29, 0.717) is 12.0 Å². The highest BCUT2D eigenvalue weighted by atomic mass is 16.4. The average Bonchev–Trinajstić information content (AvgIpc) is 3.21. The third-order valence-corrected chi connectivity index (χ3v) is 4.43. The molecule has 2 fully saturated rings. The van der Waals surface area contributed by atoms with E-state index in [-0.39, 0.29) is 6.10 Å². The molecule has 2 atom stereocenters. The molecule has 1 saturated heterocycles. The van der Waals surface area contributed by atoms with Gasteiger partial charge in [-0.2, -0.15) is 0 Å². The van der Waals surface area contributed by atoms with Crippen molar-refractivity contribution < 1.29 is 9.52 Å². The Hall–Kier alpha value is -0.980. The molecule has 21 heavy (non-hydrogen) atoms. The first-order chi connectivity index (χ1) is 10.2. The summed E-state index contributed by atoms with van der Waals surface area (Å²) in [6.07, 6.45) is 3.22. The lowest BCUT2D eigenvalue weighted by Gasteiger charge is -2.41. The molecule has 1 aromatic heterocycles. The fraction of sp³-hybridized carbons (Fsp3) is 0.867. The average molecular weight is 294 g/mol. The van der Waals surface area contributed by atoms with Crippen LogP contribution in [-0.2, 0) is 6.54 Å². The number of hydrogen-bond acceptors (Lipinski definition) is 6. The van der Waals surface area contributed by atoms with Crippen LogP contribution in [-0.4, -0.2) is 63.4 Å². The van der Waals surface area contributed by atoms with E-state index in [1.807, 2.05) is 6.92 Å². The summed E-state index contributed by atoms with van der Waals surface area (Å²) in [6.45, 7) is 8.57. The van der Waals surface area contributed by atoms with Gasteiger partial charge in [-0.3, -0.25) is 9.80 Å². The highest BCUT2D eigenvalue weighted by Crippen LogP contribution is 2.39. The first-order valence-corrected chi connectivity index (χ1v) is 8.12. The minimum absolute atomic E-state index is 0.261. The smallest absolute Gasteiger partial charge is 0.230 e. The van der Waals surface area contributed by atoms with Gasteiger partial charge in [0, 0.05) is 38.1 Å². The second kappa shape index (κ2) is 6.42. The van der Waals surface area contributed by atoms with Crippen LogP contribution in [0.1, 0.15) is 50.8 Å². The molecule has 1 aliphatic carbocycles. The molecular formula is C15H26N4O2. The van der Waals surface area contributed by atoms with Crippen LogP contribution in [0, 0.1) is 0 Å². The topological polar surface area (TPSA) is 65.6 Å². The van der Waals surface area contributed by atoms with Crippen LogP contribution in [0.25, 0.3) is 0 Å². The molecule has 0 unspecified atom stereocenters. The van der Waals surface area contributed by atoms with Gasteiger partial charge in [-0.05, 0) is 26.2 Å². The van der Waals surface area contributed by atoms with Crippen LogP contribution in [0.2, 0.25) is 0 Å². The molecule has 1 aromatic rings. The van der Waals surface area contributed by atoms with Crippen LogP contribution < -0.4 is 0 Å². The Labute approximate surface area is 126 Å². The van der Waals surface area contributed by atoms with E-state index >= 15 is 0 Å². The van der Waals surface area contributed by atoms with Crippen LogP contribution >= 0.6 is 0 Å². The largest absolute Gasteiger partial charge is 0.424 e. The Morgan fingerprint density at radius 1 is 1.33 bits per heavy atom. The van der Waals surface area contributed by atoms with Gasteiger partial charge in [0.05, 0.1) is 12.6 Å². The van der Waals surface area contributed by atoms with Crippen molar-refractivity contribution in [3.8, 4) is 0 Å². The van der Waals surface area contributed by atoms with Crippen molar-refractivity contribution in [1.29, 1.82) is 0 Å². The molecular weight excluding hydrogens is 268 g/mol. The molecule has 2 aliphatic rings. The van der Waals surface area contributed by atoms with Gasteiger partial charge in [0.15, 0.2) is 0 Å². The lowest BCUT2D eigenvalue weighted by Crippen LogP contribution is -2.54. The minimum Gasteiger partial charge on any atom is -0.424 e. The van der Waals surface area contributed by atoms with E-state index in [4.69, 9.17) is 4.42 Å². The fourth-order valence-corrected chi connectivity index (χ4v) is 3.08. The number of nitrogens with zero attached hydrogens (tertiary/aromatic N) is 4. The van der Waals surface area contributed by atoms with Crippen molar-refractivity contribution in [1.82, 2.24) is 20.0 Å². The number of aliphatic hydroxyl groups excluding tert-OH is 1. The minimum atomic E-state index is -0.261. The van der Waals surface area contributed by atoms with Gasteiger partial charge in [-0.25, -0.2) is 0 Å². The number of β-amino-alcohol motifs (C(OH)–C–C–N with tert-alkyl or cyclic N) is 1. The van der Waals surface area contributed by atoms with Crippen molar-refractivity contribution in [2.75, 3.05) is 26.2 Å². The van der Waals surface area contributed by atoms with Crippen molar-refractivity contribution in [3.05, 3.63) is 11.8 Å². The normalized spacial score (nSPS) is 26.1. The molecule has 6 nitrogen and oxygen atoms in total. The molecule has 1 aliphatic heterocycles. The summed E-state index contributed by atoms with van der Waals surface area (Å²) >= 11 is 0. The summed E-state index contributed by atoms with van der Waals surface area (Å²) in [6, 6.07) is 0.499. The molecule has 2 heterocycles. The third kappa shape index (κ3) is 3.81. The Bertz CT molecular complexity index is 458. The van der Waals surface area contributed by atoms with E-state index in [2.05, 4.69) is 26.9 Å². The lowest BCUT2D eigenvalue weighted by molar-refractivity contribution is 0.0307. The lowest BCUT2D eigenvalue weighted by atomic mass is 10.1. The van der Waals surface area contributed by atoms with Gasteiger partial charge < -0.3 is 9.52 Å². The molecule has 1 saturated carbocycles. The number of aromatic nitrogens is 2. The molecule has 0 radical (unpaired) electrons. The molecule has 0 spiro atoms. The van der Waals surface area contributed by atoms with Gasteiger partial charge in [-0.1, -0.05) is 6.92 Å². The van der Waals surface area contributed by atoms with Crippen LogP contribution in [0.5, 0.6) is 0 Å². The Morgan fingerprint density at radius 3 is 2.81 bits per heavy atom. The predicted octanol–water partition coefficient (Wildman–Crippen LogP) is 1.22. The second-order valence-electron chi connectivity index (χ2n) is 6.45. The second-order valence-corrected chi connectivity index (χ2v) is 6.45.